The molecule has 0 aliphatic heterocycles. The van der Waals surface area contributed by atoms with Crippen LogP contribution in [-0.2, 0) is 9.59 Å². The molecule has 0 aliphatic carbocycles. The van der Waals surface area contributed by atoms with Crippen LogP contribution >= 0.6 is 0 Å². The maximum atomic E-state index is 12.7. The van der Waals surface area contributed by atoms with Crippen molar-refractivity contribution in [3.8, 4) is 11.5 Å². The fourth-order valence-electron chi connectivity index (χ4n) is 2.15. The Morgan fingerprint density at radius 3 is 2.00 bits per heavy atom. The fourth-order valence-corrected chi connectivity index (χ4v) is 2.15. The molecule has 0 spiro atoms. The Kier molecular flexibility index (Phi) is 5.70. The van der Waals surface area contributed by atoms with E-state index >= 15 is 0 Å². The average Bonchev–Trinajstić information content (AvgIpc) is 2.56. The van der Waals surface area contributed by atoms with Crippen molar-refractivity contribution in [1.82, 2.24) is 5.32 Å². The van der Waals surface area contributed by atoms with E-state index in [4.69, 9.17) is 4.74 Å². The molecular formula is C21H26N2O3. The molecule has 0 unspecified atom stereocenters. The third-order valence-corrected chi connectivity index (χ3v) is 3.73. The largest absolute Gasteiger partial charge is 0.455 e. The lowest BCUT2D eigenvalue weighted by Gasteiger charge is -2.28. The van der Waals surface area contributed by atoms with E-state index in [1.165, 1.54) is 0 Å². The Labute approximate surface area is 154 Å². The number of amides is 2. The van der Waals surface area contributed by atoms with Crippen LogP contribution < -0.4 is 15.4 Å². The Morgan fingerprint density at radius 2 is 1.38 bits per heavy atom. The summed E-state index contributed by atoms with van der Waals surface area (Å²) in [6.45, 7) is 8.83. The minimum absolute atomic E-state index is 0.330. The van der Waals surface area contributed by atoms with E-state index in [1.54, 1.807) is 32.0 Å². The van der Waals surface area contributed by atoms with Gasteiger partial charge >= 0.3 is 0 Å². The second-order valence-corrected chi connectivity index (χ2v) is 7.69. The van der Waals surface area contributed by atoms with Crippen molar-refractivity contribution < 1.29 is 14.3 Å². The number of nitrogens with one attached hydrogen (secondary N) is 2. The molecule has 2 aromatic carbocycles. The summed E-state index contributed by atoms with van der Waals surface area (Å²) >= 11 is 0. The summed E-state index contributed by atoms with van der Waals surface area (Å²) in [4.78, 5) is 25.2. The van der Waals surface area contributed by atoms with Crippen LogP contribution in [0.4, 0.5) is 5.69 Å². The van der Waals surface area contributed by atoms with Crippen molar-refractivity contribution in [1.29, 1.82) is 0 Å². The van der Waals surface area contributed by atoms with Gasteiger partial charge < -0.3 is 15.4 Å². The van der Waals surface area contributed by atoms with E-state index in [-0.39, 0.29) is 5.91 Å². The summed E-state index contributed by atoms with van der Waals surface area (Å²) in [5, 5.41) is 5.66. The number of carbonyl (C=O) groups excluding carboxylic acids is 2. The monoisotopic (exact) mass is 354 g/mol. The minimum Gasteiger partial charge on any atom is -0.455 e. The molecule has 2 aromatic rings. The molecule has 5 heteroatoms. The van der Waals surface area contributed by atoms with Crippen LogP contribution in [0.1, 0.15) is 34.6 Å². The van der Waals surface area contributed by atoms with Crippen LogP contribution in [0.25, 0.3) is 0 Å². The van der Waals surface area contributed by atoms with Gasteiger partial charge in [-0.15, -0.1) is 0 Å². The highest BCUT2D eigenvalue weighted by molar-refractivity contribution is 6.10. The summed E-state index contributed by atoms with van der Waals surface area (Å²) < 4.78 is 5.85. The second kappa shape index (κ2) is 7.60. The summed E-state index contributed by atoms with van der Waals surface area (Å²) in [6, 6.07) is 16.4. The Morgan fingerprint density at radius 1 is 0.808 bits per heavy atom. The highest BCUT2D eigenvalue weighted by Crippen LogP contribution is 2.30. The molecule has 0 aliphatic rings. The zero-order valence-electron chi connectivity index (χ0n) is 15.9. The summed E-state index contributed by atoms with van der Waals surface area (Å²) in [7, 11) is 0. The average molecular weight is 354 g/mol. The highest BCUT2D eigenvalue weighted by atomic mass is 16.5. The molecule has 2 rings (SSSR count). The third kappa shape index (κ3) is 5.09. The number of ether oxygens (including phenoxy) is 1. The van der Waals surface area contributed by atoms with Crippen molar-refractivity contribution in [2.24, 2.45) is 5.41 Å². The van der Waals surface area contributed by atoms with E-state index in [0.29, 0.717) is 17.2 Å². The lowest BCUT2D eigenvalue weighted by molar-refractivity contribution is -0.139. The zero-order valence-corrected chi connectivity index (χ0v) is 15.9. The number of hydrogen-bond acceptors (Lipinski definition) is 3. The van der Waals surface area contributed by atoms with Crippen molar-refractivity contribution >= 4 is 17.5 Å². The van der Waals surface area contributed by atoms with Gasteiger partial charge in [0.1, 0.15) is 11.2 Å². The first-order valence-corrected chi connectivity index (χ1v) is 8.55. The summed E-state index contributed by atoms with van der Waals surface area (Å²) in [5.41, 5.74) is -1.13. The van der Waals surface area contributed by atoms with Gasteiger partial charge in [0.25, 0.3) is 0 Å². The maximum absolute atomic E-state index is 12.7. The minimum atomic E-state index is -1.23. The van der Waals surface area contributed by atoms with Crippen LogP contribution in [0, 0.1) is 5.41 Å². The topological polar surface area (TPSA) is 67.4 Å². The smallest absolute Gasteiger partial charge is 0.239 e. The van der Waals surface area contributed by atoms with E-state index < -0.39 is 16.9 Å². The molecule has 0 radical (unpaired) electrons. The summed E-state index contributed by atoms with van der Waals surface area (Å²) in [6.07, 6.45) is 0. The van der Waals surface area contributed by atoms with Gasteiger partial charge in [-0.3, -0.25) is 9.59 Å². The quantitative estimate of drug-likeness (QED) is 0.784. The number of benzene rings is 2. The highest BCUT2D eigenvalue weighted by Gasteiger charge is 2.38. The lowest BCUT2D eigenvalue weighted by atomic mass is 9.89. The lowest BCUT2D eigenvalue weighted by Crippen LogP contribution is -2.51. The van der Waals surface area contributed by atoms with Crippen molar-refractivity contribution in [2.45, 2.75) is 40.2 Å². The van der Waals surface area contributed by atoms with Gasteiger partial charge in [0, 0.05) is 5.54 Å². The molecule has 0 saturated heterocycles. The van der Waals surface area contributed by atoms with Gasteiger partial charge in [-0.05, 0) is 58.9 Å². The van der Waals surface area contributed by atoms with Gasteiger partial charge in [-0.1, -0.05) is 30.3 Å². The van der Waals surface area contributed by atoms with Gasteiger partial charge in [-0.2, -0.15) is 0 Å². The summed E-state index contributed by atoms with van der Waals surface area (Å²) in [5.74, 6) is 0.449. The van der Waals surface area contributed by atoms with Gasteiger partial charge in [-0.25, -0.2) is 0 Å². The number of rotatable bonds is 5. The van der Waals surface area contributed by atoms with E-state index in [1.807, 2.05) is 57.2 Å². The number of hydrogen-bond donors (Lipinski definition) is 2. The third-order valence-electron chi connectivity index (χ3n) is 3.73. The molecule has 0 fully saturated rings. The van der Waals surface area contributed by atoms with Gasteiger partial charge in [0.2, 0.25) is 11.8 Å². The molecule has 0 aromatic heterocycles. The predicted molar refractivity (Wildman–Crippen MR) is 103 cm³/mol. The van der Waals surface area contributed by atoms with E-state index in [9.17, 15) is 9.59 Å². The molecule has 0 saturated carbocycles. The zero-order chi connectivity index (χ0) is 19.4. The standard InChI is InChI=1S/C21H26N2O3/c1-20(2,3)23-19(25)21(4,5)18(24)22-16-13-9-10-14-17(16)26-15-11-7-6-8-12-15/h6-14H,1-5H3,(H,22,24)(H,23,25). The molecule has 26 heavy (non-hydrogen) atoms. The maximum Gasteiger partial charge on any atom is 0.239 e. The second-order valence-electron chi connectivity index (χ2n) is 7.69. The first-order valence-electron chi connectivity index (χ1n) is 8.55. The molecular weight excluding hydrogens is 328 g/mol. The van der Waals surface area contributed by atoms with Crippen LogP contribution in [0.2, 0.25) is 0 Å². The van der Waals surface area contributed by atoms with Crippen LogP contribution in [-0.4, -0.2) is 17.4 Å². The van der Waals surface area contributed by atoms with Crippen LogP contribution in [0.15, 0.2) is 54.6 Å². The molecule has 2 N–H and O–H groups in total. The van der Waals surface area contributed by atoms with E-state index in [0.717, 1.165) is 0 Å². The number of para-hydroxylation sites is 3. The van der Waals surface area contributed by atoms with Crippen LogP contribution in [0.3, 0.4) is 0 Å². The SMILES string of the molecule is CC(C)(C)NC(=O)C(C)(C)C(=O)Nc1ccccc1Oc1ccccc1. The normalized spacial score (nSPS) is 11.6. The molecule has 5 nitrogen and oxygen atoms in total. The van der Waals surface area contributed by atoms with Crippen molar-refractivity contribution in [3.05, 3.63) is 54.6 Å². The van der Waals surface area contributed by atoms with Gasteiger partial charge in [0.15, 0.2) is 5.75 Å². The Hall–Kier alpha value is -2.82. The predicted octanol–water partition coefficient (Wildman–Crippen LogP) is 4.36. The van der Waals surface area contributed by atoms with E-state index in [2.05, 4.69) is 10.6 Å². The van der Waals surface area contributed by atoms with Crippen LogP contribution in [0.5, 0.6) is 11.5 Å². The fraction of sp³-hybridized carbons (Fsp3) is 0.333. The molecule has 138 valence electrons. The molecule has 2 amide bonds. The molecule has 0 atom stereocenters. The van der Waals surface area contributed by atoms with Crippen molar-refractivity contribution in [3.63, 3.8) is 0 Å². The Bertz CT molecular complexity index is 777. The number of anilines is 1. The molecule has 0 heterocycles. The first-order chi connectivity index (χ1) is 12.1. The van der Waals surface area contributed by atoms with Crippen molar-refractivity contribution in [2.75, 3.05) is 5.32 Å². The molecule has 0 bridgehead atoms. The van der Waals surface area contributed by atoms with Gasteiger partial charge in [0.05, 0.1) is 5.69 Å². The first kappa shape index (κ1) is 19.5. The Balaban J connectivity index is 2.17. The number of carbonyl (C=O) groups is 2.